The topological polar surface area (TPSA) is 100.0 Å². The molecule has 2 aromatic rings. The van der Waals surface area contributed by atoms with Crippen LogP contribution in [-0.2, 0) is 19.0 Å². The summed E-state index contributed by atoms with van der Waals surface area (Å²) < 4.78 is 16.6. The van der Waals surface area contributed by atoms with Crippen LogP contribution in [0.15, 0.2) is 30.5 Å². The number of carbonyl (C=O) groups excluding carboxylic acids is 3. The summed E-state index contributed by atoms with van der Waals surface area (Å²) in [5.41, 5.74) is 2.12. The zero-order valence-corrected chi connectivity index (χ0v) is 17.7. The maximum Gasteiger partial charge on any atom is 0.341 e. The summed E-state index contributed by atoms with van der Waals surface area (Å²) in [5, 5.41) is 4.24. The van der Waals surface area contributed by atoms with Crippen molar-refractivity contribution in [3.05, 3.63) is 47.3 Å². The highest BCUT2D eigenvalue weighted by Gasteiger charge is 2.20. The van der Waals surface area contributed by atoms with Crippen molar-refractivity contribution in [1.82, 2.24) is 14.7 Å². The normalized spacial score (nSPS) is 10.5. The number of benzene rings is 1. The van der Waals surface area contributed by atoms with Crippen LogP contribution in [0.25, 0.3) is 5.69 Å². The van der Waals surface area contributed by atoms with Gasteiger partial charge in [-0.1, -0.05) is 0 Å². The summed E-state index contributed by atoms with van der Waals surface area (Å²) in [6, 6.07) is 6.74. The lowest BCUT2D eigenvalue weighted by molar-refractivity contribution is -0.143. The molecule has 0 atom stereocenters. The van der Waals surface area contributed by atoms with E-state index in [1.165, 1.54) is 18.2 Å². The van der Waals surface area contributed by atoms with Crippen LogP contribution in [0.2, 0.25) is 0 Å². The zero-order valence-electron chi connectivity index (χ0n) is 17.7. The molecule has 0 N–H and O–H groups in total. The minimum absolute atomic E-state index is 0.154. The molecule has 0 aliphatic carbocycles. The van der Waals surface area contributed by atoms with Crippen molar-refractivity contribution in [2.24, 2.45) is 0 Å². The molecule has 30 heavy (non-hydrogen) atoms. The van der Waals surface area contributed by atoms with Gasteiger partial charge in [0.05, 0.1) is 37.4 Å². The van der Waals surface area contributed by atoms with Gasteiger partial charge in [0.25, 0.3) is 5.91 Å². The highest BCUT2D eigenvalue weighted by molar-refractivity contribution is 5.96. The van der Waals surface area contributed by atoms with E-state index < -0.39 is 11.9 Å². The summed E-state index contributed by atoms with van der Waals surface area (Å²) in [7, 11) is 1.53. The van der Waals surface area contributed by atoms with Crippen LogP contribution >= 0.6 is 0 Å². The zero-order chi connectivity index (χ0) is 22.1. The van der Waals surface area contributed by atoms with Gasteiger partial charge in [0.15, 0.2) is 0 Å². The minimum atomic E-state index is -0.475. The number of esters is 2. The van der Waals surface area contributed by atoms with Crippen molar-refractivity contribution >= 4 is 17.8 Å². The van der Waals surface area contributed by atoms with Gasteiger partial charge in [0.1, 0.15) is 12.1 Å². The Morgan fingerprint density at radius 1 is 1.07 bits per heavy atom. The fourth-order valence-corrected chi connectivity index (χ4v) is 2.82. The Morgan fingerprint density at radius 2 is 1.73 bits per heavy atom. The van der Waals surface area contributed by atoms with Crippen LogP contribution in [0.1, 0.15) is 40.3 Å². The van der Waals surface area contributed by atoms with Gasteiger partial charge >= 0.3 is 11.9 Å². The van der Waals surface area contributed by atoms with Gasteiger partial charge in [-0.2, -0.15) is 5.10 Å². The largest absolute Gasteiger partial charge is 0.465 e. The second kappa shape index (κ2) is 11.1. The average molecular weight is 417 g/mol. The third-order valence-electron chi connectivity index (χ3n) is 4.34. The Hall–Kier alpha value is -3.20. The van der Waals surface area contributed by atoms with Crippen LogP contribution in [0.5, 0.6) is 0 Å². The van der Waals surface area contributed by atoms with Crippen molar-refractivity contribution in [3.8, 4) is 5.69 Å². The molecule has 1 aromatic heterocycles. The SMILES string of the molecule is CCOC(=O)CN(CCOC)C(=O)c1ccc(-n2ncc(C(=O)OCC)c2C)cc1. The van der Waals surface area contributed by atoms with Crippen LogP contribution < -0.4 is 0 Å². The van der Waals surface area contributed by atoms with Gasteiger partial charge in [-0.25, -0.2) is 9.48 Å². The molecule has 2 rings (SSSR count). The fourth-order valence-electron chi connectivity index (χ4n) is 2.82. The third-order valence-corrected chi connectivity index (χ3v) is 4.34. The van der Waals surface area contributed by atoms with Gasteiger partial charge in [-0.15, -0.1) is 0 Å². The summed E-state index contributed by atoms with van der Waals surface area (Å²) in [6.45, 7) is 6.16. The molecule has 0 saturated heterocycles. The first-order valence-electron chi connectivity index (χ1n) is 9.68. The fraction of sp³-hybridized carbons (Fsp3) is 0.429. The maximum absolute atomic E-state index is 12.8. The van der Waals surface area contributed by atoms with Crippen molar-refractivity contribution in [1.29, 1.82) is 0 Å². The second-order valence-electron chi connectivity index (χ2n) is 6.35. The molecule has 1 amide bonds. The molecule has 9 heteroatoms. The third kappa shape index (κ3) is 5.66. The van der Waals surface area contributed by atoms with Crippen LogP contribution in [-0.4, -0.2) is 72.5 Å². The number of hydrogen-bond acceptors (Lipinski definition) is 7. The van der Waals surface area contributed by atoms with Crippen LogP contribution in [0.4, 0.5) is 0 Å². The van der Waals surface area contributed by atoms with Gasteiger partial charge in [0.2, 0.25) is 0 Å². The number of aromatic nitrogens is 2. The second-order valence-corrected chi connectivity index (χ2v) is 6.35. The molecule has 0 bridgehead atoms. The molecule has 1 heterocycles. The van der Waals surface area contributed by atoms with Gasteiger partial charge in [-0.05, 0) is 45.0 Å². The van der Waals surface area contributed by atoms with Crippen LogP contribution in [0.3, 0.4) is 0 Å². The molecule has 162 valence electrons. The number of methoxy groups -OCH3 is 1. The van der Waals surface area contributed by atoms with Gasteiger partial charge in [0, 0.05) is 19.2 Å². The predicted octanol–water partition coefficient (Wildman–Crippen LogP) is 2.01. The van der Waals surface area contributed by atoms with Crippen molar-refractivity contribution in [2.75, 3.05) is 40.0 Å². The molecule has 0 radical (unpaired) electrons. The maximum atomic E-state index is 12.8. The van der Waals surface area contributed by atoms with Gasteiger partial charge in [-0.3, -0.25) is 9.59 Å². The number of hydrogen-bond donors (Lipinski definition) is 0. The molecule has 1 aromatic carbocycles. The lowest BCUT2D eigenvalue weighted by Crippen LogP contribution is -2.38. The Kier molecular flexibility index (Phi) is 8.54. The van der Waals surface area contributed by atoms with E-state index in [1.807, 2.05) is 0 Å². The molecule has 0 saturated carbocycles. The van der Waals surface area contributed by atoms with E-state index in [2.05, 4.69) is 5.10 Å². The highest BCUT2D eigenvalue weighted by Crippen LogP contribution is 2.17. The molecule has 0 unspecified atom stereocenters. The molecule has 0 aliphatic heterocycles. The molecule has 9 nitrogen and oxygen atoms in total. The Balaban J connectivity index is 2.19. The first kappa shape index (κ1) is 23.1. The van der Waals surface area contributed by atoms with E-state index in [0.29, 0.717) is 29.1 Å². The molecular formula is C21H27N3O6. The molecule has 0 aliphatic rings. The van der Waals surface area contributed by atoms with Gasteiger partial charge < -0.3 is 19.1 Å². The Morgan fingerprint density at radius 3 is 2.33 bits per heavy atom. The summed E-state index contributed by atoms with van der Waals surface area (Å²) in [4.78, 5) is 38.0. The van der Waals surface area contributed by atoms with E-state index in [-0.39, 0.29) is 32.2 Å². The van der Waals surface area contributed by atoms with Crippen LogP contribution in [0, 0.1) is 6.92 Å². The summed E-state index contributed by atoms with van der Waals surface area (Å²) in [6.07, 6.45) is 1.46. The monoisotopic (exact) mass is 417 g/mol. The number of rotatable bonds is 10. The first-order chi connectivity index (χ1) is 14.4. The van der Waals surface area contributed by atoms with E-state index >= 15 is 0 Å². The number of ether oxygens (including phenoxy) is 3. The smallest absolute Gasteiger partial charge is 0.341 e. The number of nitrogens with zero attached hydrogens (tertiary/aromatic N) is 3. The highest BCUT2D eigenvalue weighted by atomic mass is 16.5. The lowest BCUT2D eigenvalue weighted by atomic mass is 10.1. The van der Waals surface area contributed by atoms with Crippen molar-refractivity contribution < 1.29 is 28.6 Å². The Labute approximate surface area is 175 Å². The molecule has 0 spiro atoms. The Bertz CT molecular complexity index is 875. The van der Waals surface area contributed by atoms with E-state index in [1.54, 1.807) is 49.7 Å². The molecule has 0 fully saturated rings. The van der Waals surface area contributed by atoms with Crippen molar-refractivity contribution in [2.45, 2.75) is 20.8 Å². The minimum Gasteiger partial charge on any atom is -0.465 e. The number of carbonyl (C=O) groups is 3. The van der Waals surface area contributed by atoms with E-state index in [9.17, 15) is 14.4 Å². The first-order valence-corrected chi connectivity index (χ1v) is 9.68. The van der Waals surface area contributed by atoms with Crippen molar-refractivity contribution in [3.63, 3.8) is 0 Å². The summed E-state index contributed by atoms with van der Waals surface area (Å²) in [5.74, 6) is -1.21. The quantitative estimate of drug-likeness (QED) is 0.545. The molecular weight excluding hydrogens is 390 g/mol. The average Bonchev–Trinajstić information content (AvgIpc) is 3.12. The lowest BCUT2D eigenvalue weighted by Gasteiger charge is -2.21. The standard InChI is InChI=1S/C21H27N3O6/c1-5-29-19(25)14-23(11-12-28-4)20(26)16-7-9-17(10-8-16)24-15(3)18(13-22-24)21(27)30-6-2/h7-10,13H,5-6,11-12,14H2,1-4H3. The van der Waals surface area contributed by atoms with E-state index in [4.69, 9.17) is 14.2 Å². The van der Waals surface area contributed by atoms with E-state index in [0.717, 1.165) is 0 Å². The number of amides is 1. The predicted molar refractivity (Wildman–Crippen MR) is 109 cm³/mol. The summed E-state index contributed by atoms with van der Waals surface area (Å²) >= 11 is 0.